The molecule has 0 bridgehead atoms. The van der Waals surface area contributed by atoms with Crippen molar-refractivity contribution >= 4 is 16.9 Å². The summed E-state index contributed by atoms with van der Waals surface area (Å²) in [6.07, 6.45) is 0. The topological polar surface area (TPSA) is 102 Å². The van der Waals surface area contributed by atoms with E-state index in [1.807, 2.05) is 11.5 Å². The Bertz CT molecular complexity index is 900. The lowest BCUT2D eigenvalue weighted by Gasteiger charge is -2.32. The Kier molecular flexibility index (Phi) is 3.49. The number of carbonyl (C=O) groups excluding carboxylic acids is 1. The second-order valence-corrected chi connectivity index (χ2v) is 5.90. The molecule has 1 aromatic carbocycles. The molecule has 24 heavy (non-hydrogen) atoms. The number of carbonyl (C=O) groups is 1. The highest BCUT2D eigenvalue weighted by Crippen LogP contribution is 2.24. The van der Waals surface area contributed by atoms with E-state index in [1.54, 1.807) is 30.2 Å². The zero-order valence-corrected chi connectivity index (χ0v) is 13.4. The number of ether oxygens (including phenoxy) is 1. The molecule has 1 amide bonds. The van der Waals surface area contributed by atoms with Crippen LogP contribution < -0.4 is 0 Å². The standard InChI is InChI=1S/C15H17N7O2/c1-9-6-21(7-13-18-19-14(8-24-2)22(9)13)15(23)10-3-4-11-12(5-10)17-20-16-11/h3-5,9H,6-8H2,1-2H3,(H,16,17,20)/t9-/m0/s1. The number of hydrogen-bond donors (Lipinski definition) is 1. The van der Waals surface area contributed by atoms with Gasteiger partial charge in [-0.25, -0.2) is 0 Å². The summed E-state index contributed by atoms with van der Waals surface area (Å²) in [7, 11) is 1.63. The Morgan fingerprint density at radius 3 is 3.00 bits per heavy atom. The highest BCUT2D eigenvalue weighted by atomic mass is 16.5. The molecule has 1 N–H and O–H groups in total. The van der Waals surface area contributed by atoms with Crippen molar-refractivity contribution in [1.82, 2.24) is 35.1 Å². The number of hydrogen-bond acceptors (Lipinski definition) is 6. The number of methoxy groups -OCH3 is 1. The van der Waals surface area contributed by atoms with E-state index in [0.717, 1.165) is 17.2 Å². The second kappa shape index (κ2) is 5.68. The summed E-state index contributed by atoms with van der Waals surface area (Å²) in [5, 5.41) is 19.0. The number of aromatic amines is 1. The zero-order valence-electron chi connectivity index (χ0n) is 13.4. The molecular formula is C15H17N7O2. The molecule has 0 unspecified atom stereocenters. The third kappa shape index (κ3) is 2.33. The van der Waals surface area contributed by atoms with Gasteiger partial charge in [-0.2, -0.15) is 15.4 Å². The average Bonchev–Trinajstić information content (AvgIpc) is 3.20. The normalized spacial score (nSPS) is 17.2. The van der Waals surface area contributed by atoms with Crippen LogP contribution in [0.1, 0.15) is 35.0 Å². The fraction of sp³-hybridized carbons (Fsp3) is 0.400. The van der Waals surface area contributed by atoms with Gasteiger partial charge in [0, 0.05) is 19.2 Å². The first-order valence-corrected chi connectivity index (χ1v) is 7.68. The Hall–Kier alpha value is -2.81. The molecule has 9 heteroatoms. The van der Waals surface area contributed by atoms with Crippen molar-refractivity contribution in [3.8, 4) is 0 Å². The number of amides is 1. The van der Waals surface area contributed by atoms with Gasteiger partial charge in [0.25, 0.3) is 5.91 Å². The minimum atomic E-state index is -0.0470. The van der Waals surface area contributed by atoms with Crippen molar-refractivity contribution in [2.24, 2.45) is 0 Å². The molecular weight excluding hydrogens is 310 g/mol. The lowest BCUT2D eigenvalue weighted by Crippen LogP contribution is -2.40. The van der Waals surface area contributed by atoms with E-state index in [2.05, 4.69) is 25.6 Å². The fourth-order valence-electron chi connectivity index (χ4n) is 3.15. The van der Waals surface area contributed by atoms with E-state index in [9.17, 15) is 4.79 Å². The predicted molar refractivity (Wildman–Crippen MR) is 84.1 cm³/mol. The third-order valence-electron chi connectivity index (χ3n) is 4.22. The van der Waals surface area contributed by atoms with E-state index >= 15 is 0 Å². The Balaban J connectivity index is 1.61. The van der Waals surface area contributed by atoms with Crippen molar-refractivity contribution in [1.29, 1.82) is 0 Å². The number of aromatic nitrogens is 6. The van der Waals surface area contributed by atoms with Gasteiger partial charge in [-0.3, -0.25) is 4.79 Å². The van der Waals surface area contributed by atoms with Gasteiger partial charge < -0.3 is 14.2 Å². The number of benzene rings is 1. The SMILES string of the molecule is COCc1nnc2n1[C@@H](C)CN(C(=O)c1ccc3n[nH]nc3c1)C2. The van der Waals surface area contributed by atoms with Gasteiger partial charge in [-0.1, -0.05) is 0 Å². The maximum atomic E-state index is 12.8. The quantitative estimate of drug-likeness (QED) is 0.767. The lowest BCUT2D eigenvalue weighted by molar-refractivity contribution is 0.0675. The van der Waals surface area contributed by atoms with Crippen LogP contribution in [0.25, 0.3) is 11.0 Å². The maximum Gasteiger partial charge on any atom is 0.254 e. The predicted octanol–water partition coefficient (Wildman–Crippen LogP) is 0.913. The monoisotopic (exact) mass is 327 g/mol. The molecule has 3 heterocycles. The fourth-order valence-corrected chi connectivity index (χ4v) is 3.15. The maximum absolute atomic E-state index is 12.8. The van der Waals surface area contributed by atoms with E-state index in [-0.39, 0.29) is 11.9 Å². The summed E-state index contributed by atoms with van der Waals surface area (Å²) >= 11 is 0. The van der Waals surface area contributed by atoms with Gasteiger partial charge in [0.15, 0.2) is 11.6 Å². The van der Waals surface area contributed by atoms with Crippen LogP contribution in [-0.2, 0) is 17.9 Å². The summed E-state index contributed by atoms with van der Waals surface area (Å²) in [4.78, 5) is 14.6. The van der Waals surface area contributed by atoms with Crippen molar-refractivity contribution in [2.75, 3.05) is 13.7 Å². The van der Waals surface area contributed by atoms with Crippen LogP contribution in [0.4, 0.5) is 0 Å². The van der Waals surface area contributed by atoms with Gasteiger partial charge in [0.05, 0.1) is 12.6 Å². The molecule has 1 atom stereocenters. The van der Waals surface area contributed by atoms with Crippen molar-refractivity contribution in [3.05, 3.63) is 35.4 Å². The van der Waals surface area contributed by atoms with E-state index in [4.69, 9.17) is 4.74 Å². The summed E-state index contributed by atoms with van der Waals surface area (Å²) < 4.78 is 7.21. The first-order valence-electron chi connectivity index (χ1n) is 7.68. The van der Waals surface area contributed by atoms with E-state index in [1.165, 1.54) is 0 Å². The molecule has 1 aliphatic rings. The zero-order chi connectivity index (χ0) is 16.7. The molecule has 0 aliphatic carbocycles. The molecule has 0 fully saturated rings. The molecule has 0 spiro atoms. The van der Waals surface area contributed by atoms with Crippen LogP contribution in [0.2, 0.25) is 0 Å². The Morgan fingerprint density at radius 2 is 2.17 bits per heavy atom. The summed E-state index contributed by atoms with van der Waals surface area (Å²) in [6.45, 7) is 3.48. The highest BCUT2D eigenvalue weighted by molar-refractivity contribution is 5.97. The number of fused-ring (bicyclic) bond motifs is 2. The largest absolute Gasteiger partial charge is 0.377 e. The van der Waals surface area contributed by atoms with Crippen LogP contribution in [0.3, 0.4) is 0 Å². The average molecular weight is 327 g/mol. The molecule has 0 saturated heterocycles. The van der Waals surface area contributed by atoms with Crippen LogP contribution in [-0.4, -0.2) is 54.6 Å². The summed E-state index contributed by atoms with van der Waals surface area (Å²) in [5.41, 5.74) is 2.01. The first-order chi connectivity index (χ1) is 11.7. The van der Waals surface area contributed by atoms with Crippen molar-refractivity contribution in [2.45, 2.75) is 26.1 Å². The number of rotatable bonds is 3. The van der Waals surface area contributed by atoms with Crippen LogP contribution in [0, 0.1) is 0 Å². The van der Waals surface area contributed by atoms with Gasteiger partial charge >= 0.3 is 0 Å². The molecule has 3 aromatic rings. The molecule has 1 aliphatic heterocycles. The molecule has 124 valence electrons. The minimum absolute atomic E-state index is 0.0470. The number of nitrogens with one attached hydrogen (secondary N) is 1. The molecule has 4 rings (SSSR count). The smallest absolute Gasteiger partial charge is 0.254 e. The molecule has 0 saturated carbocycles. The van der Waals surface area contributed by atoms with Gasteiger partial charge in [-0.05, 0) is 25.1 Å². The first kappa shape index (κ1) is 14.8. The molecule has 0 radical (unpaired) electrons. The van der Waals surface area contributed by atoms with Gasteiger partial charge in [0.2, 0.25) is 0 Å². The van der Waals surface area contributed by atoms with Crippen LogP contribution >= 0.6 is 0 Å². The van der Waals surface area contributed by atoms with Crippen molar-refractivity contribution < 1.29 is 9.53 Å². The van der Waals surface area contributed by atoms with E-state index in [0.29, 0.717) is 30.8 Å². The minimum Gasteiger partial charge on any atom is -0.377 e. The van der Waals surface area contributed by atoms with Crippen LogP contribution in [0.15, 0.2) is 18.2 Å². The summed E-state index contributed by atoms with van der Waals surface area (Å²) in [6, 6.07) is 5.40. The third-order valence-corrected chi connectivity index (χ3v) is 4.22. The number of nitrogens with zero attached hydrogens (tertiary/aromatic N) is 6. The number of H-pyrrole nitrogens is 1. The molecule has 2 aromatic heterocycles. The van der Waals surface area contributed by atoms with E-state index < -0.39 is 0 Å². The van der Waals surface area contributed by atoms with Gasteiger partial charge in [-0.15, -0.1) is 10.2 Å². The van der Waals surface area contributed by atoms with Crippen molar-refractivity contribution in [3.63, 3.8) is 0 Å². The highest BCUT2D eigenvalue weighted by Gasteiger charge is 2.29. The molecule has 9 nitrogen and oxygen atoms in total. The Morgan fingerprint density at radius 1 is 1.33 bits per heavy atom. The second-order valence-electron chi connectivity index (χ2n) is 5.90. The summed E-state index contributed by atoms with van der Waals surface area (Å²) in [5.74, 6) is 1.52. The Labute approximate surface area is 137 Å². The van der Waals surface area contributed by atoms with Crippen LogP contribution in [0.5, 0.6) is 0 Å². The lowest BCUT2D eigenvalue weighted by atomic mass is 10.1. The van der Waals surface area contributed by atoms with Gasteiger partial charge in [0.1, 0.15) is 17.6 Å².